The fourth-order valence-electron chi connectivity index (χ4n) is 3.53. The Bertz CT molecular complexity index is 772. The van der Waals surface area contributed by atoms with E-state index in [1.807, 2.05) is 18.2 Å². The second-order valence-electron chi connectivity index (χ2n) is 7.26. The number of anilines is 1. The minimum atomic E-state index is -0.0101. The van der Waals surface area contributed by atoms with E-state index in [1.54, 1.807) is 0 Å². The molecule has 3 rings (SSSR count). The summed E-state index contributed by atoms with van der Waals surface area (Å²) in [5, 5.41) is 3.06. The second-order valence-corrected chi connectivity index (χ2v) is 7.26. The molecule has 0 aromatic heterocycles. The molecule has 0 aliphatic carbocycles. The molecule has 0 radical (unpaired) electrons. The first-order valence-electron chi connectivity index (χ1n) is 10.1. The maximum atomic E-state index is 12.6. The van der Waals surface area contributed by atoms with Crippen LogP contribution < -0.4 is 10.2 Å². The number of nitrogens with zero attached hydrogens (tertiary/aromatic N) is 2. The monoisotopic (exact) mass is 381 g/mol. The number of ether oxygens (including phenoxy) is 1. The first-order valence-corrected chi connectivity index (χ1v) is 10.1. The summed E-state index contributed by atoms with van der Waals surface area (Å²) in [5.74, 6) is -0.0101. The molecule has 0 unspecified atom stereocenters. The van der Waals surface area contributed by atoms with Crippen molar-refractivity contribution in [1.82, 2.24) is 10.2 Å². The summed E-state index contributed by atoms with van der Waals surface area (Å²) in [6, 6.07) is 16.4. The van der Waals surface area contributed by atoms with Crippen LogP contribution in [0.3, 0.4) is 0 Å². The summed E-state index contributed by atoms with van der Waals surface area (Å²) >= 11 is 0. The summed E-state index contributed by atoms with van der Waals surface area (Å²) in [7, 11) is 0. The minimum absolute atomic E-state index is 0.0101. The number of aryl methyl sites for hydroxylation is 1. The molecule has 2 aromatic carbocycles. The Morgan fingerprint density at radius 1 is 1.14 bits per heavy atom. The van der Waals surface area contributed by atoms with Crippen molar-refractivity contribution in [3.63, 3.8) is 0 Å². The number of hydrogen-bond donors (Lipinski definition) is 1. The molecule has 28 heavy (non-hydrogen) atoms. The number of carbonyl (C=O) groups excluding carboxylic acids is 1. The van der Waals surface area contributed by atoms with E-state index in [4.69, 9.17) is 4.74 Å². The lowest BCUT2D eigenvalue weighted by Gasteiger charge is -2.26. The molecule has 0 saturated carbocycles. The number of hydrogen-bond acceptors (Lipinski definition) is 4. The first-order chi connectivity index (χ1) is 13.7. The molecule has 0 bridgehead atoms. The van der Waals surface area contributed by atoms with Crippen molar-refractivity contribution in [1.29, 1.82) is 0 Å². The number of rotatable bonds is 8. The predicted octanol–water partition coefficient (Wildman–Crippen LogP) is 3.08. The standard InChI is InChI=1S/C23H31N3O2/c1-3-26(22-9-4-6-19(2)16-22)11-10-24-23(27)21-8-5-7-20(17-21)18-25-12-14-28-15-13-25/h4-9,16-17H,3,10-15,18H2,1-2H3,(H,24,27). The zero-order valence-corrected chi connectivity index (χ0v) is 17.0. The molecular weight excluding hydrogens is 350 g/mol. The van der Waals surface area contributed by atoms with E-state index in [1.165, 1.54) is 16.8 Å². The Balaban J connectivity index is 1.52. The Labute approximate surface area is 168 Å². The highest BCUT2D eigenvalue weighted by Crippen LogP contribution is 2.15. The SMILES string of the molecule is CCN(CCNC(=O)c1cccc(CN2CCOCC2)c1)c1cccc(C)c1. The van der Waals surface area contributed by atoms with Crippen LogP contribution in [-0.2, 0) is 11.3 Å². The van der Waals surface area contributed by atoms with E-state index in [0.717, 1.165) is 51.5 Å². The van der Waals surface area contributed by atoms with E-state index in [2.05, 4.69) is 59.3 Å². The van der Waals surface area contributed by atoms with E-state index >= 15 is 0 Å². The van der Waals surface area contributed by atoms with Gasteiger partial charge in [0.1, 0.15) is 0 Å². The summed E-state index contributed by atoms with van der Waals surface area (Å²) in [6.07, 6.45) is 0. The van der Waals surface area contributed by atoms with Crippen molar-refractivity contribution in [3.8, 4) is 0 Å². The molecule has 1 aliphatic heterocycles. The normalized spacial score (nSPS) is 14.6. The zero-order valence-electron chi connectivity index (χ0n) is 17.0. The average Bonchev–Trinajstić information content (AvgIpc) is 2.72. The largest absolute Gasteiger partial charge is 0.379 e. The Morgan fingerprint density at radius 3 is 2.68 bits per heavy atom. The van der Waals surface area contributed by atoms with Crippen molar-refractivity contribution < 1.29 is 9.53 Å². The number of likely N-dealkylation sites (N-methyl/N-ethyl adjacent to an activating group) is 1. The number of amides is 1. The maximum Gasteiger partial charge on any atom is 0.251 e. The zero-order chi connectivity index (χ0) is 19.8. The third-order valence-corrected chi connectivity index (χ3v) is 5.11. The lowest BCUT2D eigenvalue weighted by Crippen LogP contribution is -2.36. The smallest absolute Gasteiger partial charge is 0.251 e. The van der Waals surface area contributed by atoms with Crippen LogP contribution in [0.5, 0.6) is 0 Å². The first kappa shape index (κ1) is 20.4. The van der Waals surface area contributed by atoms with Crippen LogP contribution >= 0.6 is 0 Å². The van der Waals surface area contributed by atoms with Crippen LogP contribution in [0, 0.1) is 6.92 Å². The van der Waals surface area contributed by atoms with Gasteiger partial charge in [-0.2, -0.15) is 0 Å². The number of benzene rings is 2. The summed E-state index contributed by atoms with van der Waals surface area (Å²) in [5.41, 5.74) is 4.34. The highest BCUT2D eigenvalue weighted by atomic mass is 16.5. The van der Waals surface area contributed by atoms with Gasteiger partial charge in [-0.05, 0) is 49.2 Å². The fourth-order valence-corrected chi connectivity index (χ4v) is 3.53. The number of morpholine rings is 1. The predicted molar refractivity (Wildman–Crippen MR) is 114 cm³/mol. The van der Waals surface area contributed by atoms with Gasteiger partial charge < -0.3 is 15.0 Å². The van der Waals surface area contributed by atoms with Gasteiger partial charge in [-0.25, -0.2) is 0 Å². The molecule has 1 aliphatic rings. The summed E-state index contributed by atoms with van der Waals surface area (Å²) in [6.45, 7) is 10.9. The fraction of sp³-hybridized carbons (Fsp3) is 0.435. The van der Waals surface area contributed by atoms with Crippen LogP contribution in [0.4, 0.5) is 5.69 Å². The van der Waals surface area contributed by atoms with Crippen molar-refractivity contribution in [2.45, 2.75) is 20.4 Å². The van der Waals surface area contributed by atoms with Gasteiger partial charge in [0.2, 0.25) is 0 Å². The summed E-state index contributed by atoms with van der Waals surface area (Å²) in [4.78, 5) is 17.2. The summed E-state index contributed by atoms with van der Waals surface area (Å²) < 4.78 is 5.40. The van der Waals surface area contributed by atoms with Crippen LogP contribution in [0.2, 0.25) is 0 Å². The lowest BCUT2D eigenvalue weighted by atomic mass is 10.1. The van der Waals surface area contributed by atoms with E-state index in [9.17, 15) is 4.79 Å². The third-order valence-electron chi connectivity index (χ3n) is 5.11. The number of carbonyl (C=O) groups is 1. The topological polar surface area (TPSA) is 44.8 Å². The molecule has 1 amide bonds. The molecule has 1 heterocycles. The van der Waals surface area contributed by atoms with Crippen molar-refractivity contribution >= 4 is 11.6 Å². The van der Waals surface area contributed by atoms with Crippen molar-refractivity contribution in [2.24, 2.45) is 0 Å². The minimum Gasteiger partial charge on any atom is -0.379 e. The highest BCUT2D eigenvalue weighted by Gasteiger charge is 2.12. The van der Waals surface area contributed by atoms with Crippen LogP contribution in [-0.4, -0.2) is 56.7 Å². The van der Waals surface area contributed by atoms with Gasteiger partial charge in [0.15, 0.2) is 0 Å². The van der Waals surface area contributed by atoms with Crippen LogP contribution in [0.15, 0.2) is 48.5 Å². The number of nitrogens with one attached hydrogen (secondary N) is 1. The Kier molecular flexibility index (Phi) is 7.46. The van der Waals surface area contributed by atoms with Gasteiger partial charge in [0, 0.05) is 50.5 Å². The molecular formula is C23H31N3O2. The maximum absolute atomic E-state index is 12.6. The van der Waals surface area contributed by atoms with Crippen LogP contribution in [0.1, 0.15) is 28.4 Å². The average molecular weight is 382 g/mol. The molecule has 5 nitrogen and oxygen atoms in total. The molecule has 2 aromatic rings. The Hall–Kier alpha value is -2.37. The third kappa shape index (κ3) is 5.81. The van der Waals surface area contributed by atoms with E-state index in [-0.39, 0.29) is 5.91 Å². The van der Waals surface area contributed by atoms with Crippen LogP contribution in [0.25, 0.3) is 0 Å². The van der Waals surface area contributed by atoms with Gasteiger partial charge in [-0.1, -0.05) is 24.3 Å². The molecule has 5 heteroatoms. The van der Waals surface area contributed by atoms with Gasteiger partial charge in [0.25, 0.3) is 5.91 Å². The van der Waals surface area contributed by atoms with E-state index in [0.29, 0.717) is 6.54 Å². The van der Waals surface area contributed by atoms with E-state index < -0.39 is 0 Å². The molecule has 1 fully saturated rings. The molecule has 150 valence electrons. The molecule has 1 N–H and O–H groups in total. The molecule has 0 spiro atoms. The molecule has 1 saturated heterocycles. The van der Waals surface area contributed by atoms with Crippen molar-refractivity contribution in [3.05, 3.63) is 65.2 Å². The van der Waals surface area contributed by atoms with Gasteiger partial charge in [-0.3, -0.25) is 9.69 Å². The second kappa shape index (κ2) is 10.2. The van der Waals surface area contributed by atoms with Gasteiger partial charge in [0.05, 0.1) is 13.2 Å². The molecule has 0 atom stereocenters. The lowest BCUT2D eigenvalue weighted by molar-refractivity contribution is 0.0342. The van der Waals surface area contributed by atoms with Gasteiger partial charge >= 0.3 is 0 Å². The highest BCUT2D eigenvalue weighted by molar-refractivity contribution is 5.94. The van der Waals surface area contributed by atoms with Gasteiger partial charge in [-0.15, -0.1) is 0 Å². The van der Waals surface area contributed by atoms with Crippen molar-refractivity contribution in [2.75, 3.05) is 50.8 Å². The quantitative estimate of drug-likeness (QED) is 0.763. The Morgan fingerprint density at radius 2 is 1.93 bits per heavy atom.